The number of hydrogen-bond acceptors (Lipinski definition) is 3. The summed E-state index contributed by atoms with van der Waals surface area (Å²) in [5.41, 5.74) is 0.146. The van der Waals surface area contributed by atoms with Gasteiger partial charge in [-0.1, -0.05) is 6.07 Å². The van der Waals surface area contributed by atoms with Crippen LogP contribution >= 0.6 is 11.6 Å². The van der Waals surface area contributed by atoms with Gasteiger partial charge in [0.05, 0.1) is 17.2 Å². The molecule has 0 heterocycles. The summed E-state index contributed by atoms with van der Waals surface area (Å²) in [7, 11) is -1.99. The number of hydrogen-bond donors (Lipinski definition) is 0. The van der Waals surface area contributed by atoms with Crippen molar-refractivity contribution in [2.45, 2.75) is 24.0 Å². The lowest BCUT2D eigenvalue weighted by Gasteiger charge is -2.28. The number of benzene rings is 1. The second-order valence-electron chi connectivity index (χ2n) is 4.63. The highest BCUT2D eigenvalue weighted by atomic mass is 35.5. The van der Waals surface area contributed by atoms with Gasteiger partial charge in [0.25, 0.3) is 0 Å². The van der Waals surface area contributed by atoms with Crippen LogP contribution in [0.1, 0.15) is 24.8 Å². The predicted molar refractivity (Wildman–Crippen MR) is 70.5 cm³/mol. The largest absolute Gasteiger partial charge is 0.497 e. The zero-order chi connectivity index (χ0) is 14.1. The Hall–Kier alpha value is -0.810. The van der Waals surface area contributed by atoms with E-state index in [1.807, 2.05) is 0 Å². The molecule has 0 amide bonds. The molecule has 0 fully saturated rings. The Labute approximate surface area is 112 Å². The zero-order valence-electron chi connectivity index (χ0n) is 10.7. The van der Waals surface area contributed by atoms with Crippen molar-refractivity contribution in [2.24, 2.45) is 0 Å². The van der Waals surface area contributed by atoms with Crippen LogP contribution in [0.4, 0.5) is 4.39 Å². The average Bonchev–Trinajstić information content (AvgIpc) is 2.26. The van der Waals surface area contributed by atoms with E-state index in [-0.39, 0.29) is 5.56 Å². The minimum absolute atomic E-state index is 0.146. The number of halogens is 2. The van der Waals surface area contributed by atoms with Crippen molar-refractivity contribution in [3.63, 3.8) is 0 Å². The van der Waals surface area contributed by atoms with E-state index >= 15 is 0 Å². The highest BCUT2D eigenvalue weighted by Gasteiger charge is 2.40. The smallest absolute Gasteiger partial charge is 0.154 e. The van der Waals surface area contributed by atoms with Crippen molar-refractivity contribution in [1.29, 1.82) is 0 Å². The summed E-state index contributed by atoms with van der Waals surface area (Å²) in [5.74, 6) is -0.219. The van der Waals surface area contributed by atoms with E-state index in [1.54, 1.807) is 6.07 Å². The van der Waals surface area contributed by atoms with Crippen LogP contribution < -0.4 is 4.74 Å². The molecule has 18 heavy (non-hydrogen) atoms. The second kappa shape index (κ2) is 5.05. The summed E-state index contributed by atoms with van der Waals surface area (Å²) >= 11 is 6.12. The molecular formula is C12H16ClFO3S. The van der Waals surface area contributed by atoms with Gasteiger partial charge in [-0.25, -0.2) is 12.8 Å². The van der Waals surface area contributed by atoms with Crippen LogP contribution in [0, 0.1) is 5.82 Å². The molecular weight excluding hydrogens is 279 g/mol. The molecule has 0 saturated heterocycles. The van der Waals surface area contributed by atoms with Crippen LogP contribution in [0.25, 0.3) is 0 Å². The van der Waals surface area contributed by atoms with E-state index in [1.165, 1.54) is 33.1 Å². The summed E-state index contributed by atoms with van der Waals surface area (Å²) in [6.45, 7) is 2.95. The molecule has 0 aromatic heterocycles. The zero-order valence-corrected chi connectivity index (χ0v) is 12.3. The molecule has 3 nitrogen and oxygen atoms in total. The molecule has 102 valence electrons. The predicted octanol–water partition coefficient (Wildman–Crippen LogP) is 2.94. The molecule has 0 aliphatic carbocycles. The van der Waals surface area contributed by atoms with Crippen LogP contribution in [0.15, 0.2) is 18.2 Å². The number of sulfone groups is 1. The SMILES string of the molecule is COc1ccc(C(Cl)C(C)(C)S(C)(=O)=O)c(F)c1. The minimum atomic E-state index is -3.41. The van der Waals surface area contributed by atoms with Crippen molar-refractivity contribution in [1.82, 2.24) is 0 Å². The van der Waals surface area contributed by atoms with E-state index in [9.17, 15) is 12.8 Å². The standard InChI is InChI=1S/C12H16ClFO3S/c1-12(2,18(4,15)16)11(13)9-6-5-8(17-3)7-10(9)14/h5-7,11H,1-4H3. The Bertz CT molecular complexity index is 540. The molecule has 0 spiro atoms. The Balaban J connectivity index is 3.24. The molecule has 0 saturated carbocycles. The molecule has 0 N–H and O–H groups in total. The van der Waals surface area contributed by atoms with Crippen LogP contribution in [0.2, 0.25) is 0 Å². The van der Waals surface area contributed by atoms with E-state index in [4.69, 9.17) is 16.3 Å². The molecule has 1 atom stereocenters. The van der Waals surface area contributed by atoms with E-state index < -0.39 is 25.8 Å². The lowest BCUT2D eigenvalue weighted by Crippen LogP contribution is -2.35. The maximum Gasteiger partial charge on any atom is 0.154 e. The van der Waals surface area contributed by atoms with Crippen LogP contribution in [0.5, 0.6) is 5.75 Å². The number of ether oxygens (including phenoxy) is 1. The van der Waals surface area contributed by atoms with Crippen LogP contribution in [-0.2, 0) is 9.84 Å². The third kappa shape index (κ3) is 2.78. The number of alkyl halides is 1. The fourth-order valence-electron chi connectivity index (χ4n) is 1.40. The normalized spacial score (nSPS) is 14.3. The van der Waals surface area contributed by atoms with Gasteiger partial charge in [0.2, 0.25) is 0 Å². The van der Waals surface area contributed by atoms with Gasteiger partial charge in [-0.3, -0.25) is 0 Å². The maximum atomic E-state index is 13.8. The Kier molecular flexibility index (Phi) is 4.28. The Morgan fingerprint density at radius 2 is 1.94 bits per heavy atom. The topological polar surface area (TPSA) is 43.4 Å². The molecule has 0 radical (unpaired) electrons. The number of methoxy groups -OCH3 is 1. The molecule has 6 heteroatoms. The minimum Gasteiger partial charge on any atom is -0.497 e. The fourth-order valence-corrected chi connectivity index (χ4v) is 2.57. The van der Waals surface area contributed by atoms with Crippen molar-refractivity contribution in [3.8, 4) is 5.75 Å². The first-order chi connectivity index (χ1) is 8.11. The molecule has 0 aliphatic rings. The van der Waals surface area contributed by atoms with Gasteiger partial charge in [-0.05, 0) is 19.9 Å². The van der Waals surface area contributed by atoms with E-state index in [0.29, 0.717) is 5.75 Å². The van der Waals surface area contributed by atoms with Gasteiger partial charge in [-0.15, -0.1) is 11.6 Å². The third-order valence-electron chi connectivity index (χ3n) is 3.05. The first-order valence-corrected chi connectivity index (χ1v) is 7.61. The van der Waals surface area contributed by atoms with Gasteiger partial charge in [-0.2, -0.15) is 0 Å². The van der Waals surface area contributed by atoms with E-state index in [2.05, 4.69) is 0 Å². The number of rotatable bonds is 4. The molecule has 0 aliphatic heterocycles. The monoisotopic (exact) mass is 294 g/mol. The van der Waals surface area contributed by atoms with Crippen molar-refractivity contribution in [2.75, 3.05) is 13.4 Å². The molecule has 0 bridgehead atoms. The maximum absolute atomic E-state index is 13.8. The van der Waals surface area contributed by atoms with Gasteiger partial charge in [0.15, 0.2) is 9.84 Å². The second-order valence-corrected chi connectivity index (χ2v) is 7.66. The summed E-state index contributed by atoms with van der Waals surface area (Å²) in [6.07, 6.45) is 1.09. The fraction of sp³-hybridized carbons (Fsp3) is 0.500. The molecule has 1 unspecified atom stereocenters. The summed E-state index contributed by atoms with van der Waals surface area (Å²) in [6, 6.07) is 4.17. The summed E-state index contributed by atoms with van der Waals surface area (Å²) < 4.78 is 40.8. The lowest BCUT2D eigenvalue weighted by atomic mass is 10.0. The Morgan fingerprint density at radius 1 is 1.39 bits per heavy atom. The first-order valence-electron chi connectivity index (χ1n) is 5.28. The van der Waals surface area contributed by atoms with Gasteiger partial charge >= 0.3 is 0 Å². The van der Waals surface area contributed by atoms with E-state index in [0.717, 1.165) is 6.26 Å². The van der Waals surface area contributed by atoms with Crippen molar-refractivity contribution >= 4 is 21.4 Å². The lowest BCUT2D eigenvalue weighted by molar-refractivity contribution is 0.410. The quantitative estimate of drug-likeness (QED) is 0.802. The van der Waals surface area contributed by atoms with Crippen molar-refractivity contribution < 1.29 is 17.5 Å². The average molecular weight is 295 g/mol. The third-order valence-corrected chi connectivity index (χ3v) is 6.10. The highest BCUT2D eigenvalue weighted by molar-refractivity contribution is 7.92. The van der Waals surface area contributed by atoms with Crippen LogP contribution in [-0.4, -0.2) is 26.5 Å². The molecule has 1 rings (SSSR count). The highest BCUT2D eigenvalue weighted by Crippen LogP contribution is 2.39. The van der Waals surface area contributed by atoms with Gasteiger partial charge in [0, 0.05) is 17.9 Å². The van der Waals surface area contributed by atoms with Gasteiger partial charge < -0.3 is 4.74 Å². The Morgan fingerprint density at radius 3 is 2.33 bits per heavy atom. The van der Waals surface area contributed by atoms with Gasteiger partial charge in [0.1, 0.15) is 11.6 Å². The first kappa shape index (κ1) is 15.2. The molecule has 1 aromatic rings. The summed E-state index contributed by atoms with van der Waals surface area (Å²) in [5, 5.41) is -0.974. The molecule has 1 aromatic carbocycles. The van der Waals surface area contributed by atoms with Crippen LogP contribution in [0.3, 0.4) is 0 Å². The van der Waals surface area contributed by atoms with Crippen molar-refractivity contribution in [3.05, 3.63) is 29.6 Å². The summed E-state index contributed by atoms with van der Waals surface area (Å²) in [4.78, 5) is 0.